The van der Waals surface area contributed by atoms with Crippen molar-refractivity contribution in [3.8, 4) is 0 Å². The Morgan fingerprint density at radius 2 is 2.55 bits per heavy atom. The van der Waals surface area contributed by atoms with E-state index in [1.807, 2.05) is 0 Å². The molecule has 0 aliphatic carbocycles. The molecule has 60 valence electrons. The van der Waals surface area contributed by atoms with Crippen LogP contribution in [0.25, 0.3) is 0 Å². The lowest BCUT2D eigenvalue weighted by Gasteiger charge is -2.06. The van der Waals surface area contributed by atoms with E-state index in [4.69, 9.17) is 10.8 Å². The standard InChI is InChI=1S/C6H9N3O2/c1-4(10)9-5(6(7)11)2-3-8-9/h2-4,10H,1H3,(H2,7,11). The van der Waals surface area contributed by atoms with Crippen LogP contribution in [0, 0.1) is 0 Å². The second-order valence-electron chi connectivity index (χ2n) is 2.16. The average molecular weight is 155 g/mol. The molecule has 1 rings (SSSR count). The monoisotopic (exact) mass is 155 g/mol. The fourth-order valence-corrected chi connectivity index (χ4v) is 0.807. The summed E-state index contributed by atoms with van der Waals surface area (Å²) in [5.41, 5.74) is 5.19. The summed E-state index contributed by atoms with van der Waals surface area (Å²) in [4.78, 5) is 10.6. The fourth-order valence-electron chi connectivity index (χ4n) is 0.807. The summed E-state index contributed by atoms with van der Waals surface area (Å²) in [5, 5.41) is 12.7. The predicted octanol–water partition coefficient (Wildman–Crippen LogP) is -0.507. The van der Waals surface area contributed by atoms with Gasteiger partial charge in [-0.1, -0.05) is 0 Å². The maximum absolute atomic E-state index is 10.6. The molecule has 0 saturated heterocycles. The first-order valence-corrected chi connectivity index (χ1v) is 3.14. The van der Waals surface area contributed by atoms with E-state index in [1.54, 1.807) is 0 Å². The SMILES string of the molecule is CC(O)n1nccc1C(N)=O. The molecule has 1 amide bonds. The molecule has 0 aliphatic heterocycles. The van der Waals surface area contributed by atoms with Crippen molar-refractivity contribution in [1.82, 2.24) is 9.78 Å². The van der Waals surface area contributed by atoms with E-state index in [-0.39, 0.29) is 5.69 Å². The second kappa shape index (κ2) is 2.71. The number of nitrogens with zero attached hydrogens (tertiary/aromatic N) is 2. The van der Waals surface area contributed by atoms with Crippen molar-refractivity contribution in [2.75, 3.05) is 0 Å². The summed E-state index contributed by atoms with van der Waals surface area (Å²) in [6, 6.07) is 1.45. The lowest BCUT2D eigenvalue weighted by atomic mass is 10.4. The largest absolute Gasteiger partial charge is 0.372 e. The summed E-state index contributed by atoms with van der Waals surface area (Å²) < 4.78 is 1.16. The van der Waals surface area contributed by atoms with Crippen LogP contribution in [0.3, 0.4) is 0 Å². The van der Waals surface area contributed by atoms with Gasteiger partial charge in [-0.15, -0.1) is 0 Å². The van der Waals surface area contributed by atoms with E-state index < -0.39 is 12.1 Å². The zero-order valence-corrected chi connectivity index (χ0v) is 6.06. The van der Waals surface area contributed by atoms with Gasteiger partial charge in [-0.3, -0.25) is 4.79 Å². The van der Waals surface area contributed by atoms with Gasteiger partial charge in [0.05, 0.1) is 0 Å². The molecule has 0 saturated carbocycles. The first-order chi connectivity index (χ1) is 5.13. The number of amides is 1. The molecule has 1 heterocycles. The van der Waals surface area contributed by atoms with Crippen molar-refractivity contribution in [3.05, 3.63) is 18.0 Å². The lowest BCUT2D eigenvalue weighted by molar-refractivity contribution is 0.0893. The van der Waals surface area contributed by atoms with Crippen molar-refractivity contribution in [1.29, 1.82) is 0 Å². The molecule has 0 fully saturated rings. The Kier molecular flexibility index (Phi) is 1.91. The number of aromatic nitrogens is 2. The van der Waals surface area contributed by atoms with Gasteiger partial charge in [-0.05, 0) is 13.0 Å². The summed E-state index contributed by atoms with van der Waals surface area (Å²) in [6.07, 6.45) is 0.583. The number of aliphatic hydroxyl groups is 1. The van der Waals surface area contributed by atoms with Gasteiger partial charge in [0.1, 0.15) is 11.9 Å². The minimum atomic E-state index is -0.826. The number of nitrogens with two attached hydrogens (primary N) is 1. The van der Waals surface area contributed by atoms with Gasteiger partial charge < -0.3 is 10.8 Å². The van der Waals surface area contributed by atoms with Crippen molar-refractivity contribution < 1.29 is 9.90 Å². The van der Waals surface area contributed by atoms with Gasteiger partial charge in [0, 0.05) is 6.20 Å². The second-order valence-corrected chi connectivity index (χ2v) is 2.16. The third kappa shape index (κ3) is 1.38. The van der Waals surface area contributed by atoms with Gasteiger partial charge in [0.15, 0.2) is 0 Å². The molecule has 0 bridgehead atoms. The van der Waals surface area contributed by atoms with Gasteiger partial charge in [-0.25, -0.2) is 4.68 Å². The third-order valence-electron chi connectivity index (χ3n) is 1.28. The van der Waals surface area contributed by atoms with Gasteiger partial charge >= 0.3 is 0 Å². The van der Waals surface area contributed by atoms with Crippen LogP contribution in [0.5, 0.6) is 0 Å². The van der Waals surface area contributed by atoms with Crippen molar-refractivity contribution in [2.24, 2.45) is 5.73 Å². The highest BCUT2D eigenvalue weighted by atomic mass is 16.3. The summed E-state index contributed by atoms with van der Waals surface area (Å²) >= 11 is 0. The normalized spacial score (nSPS) is 12.9. The fraction of sp³-hybridized carbons (Fsp3) is 0.333. The van der Waals surface area contributed by atoms with Crippen LogP contribution in [0.1, 0.15) is 23.6 Å². The maximum Gasteiger partial charge on any atom is 0.267 e. The highest BCUT2D eigenvalue weighted by Gasteiger charge is 2.10. The van der Waals surface area contributed by atoms with Gasteiger partial charge in [0.25, 0.3) is 5.91 Å². The molecular formula is C6H9N3O2. The van der Waals surface area contributed by atoms with E-state index in [1.165, 1.54) is 19.2 Å². The predicted molar refractivity (Wildman–Crippen MR) is 37.7 cm³/mol. The van der Waals surface area contributed by atoms with E-state index >= 15 is 0 Å². The topological polar surface area (TPSA) is 81.1 Å². The molecule has 1 aromatic heterocycles. The lowest BCUT2D eigenvalue weighted by Crippen LogP contribution is -2.19. The number of carbonyl (C=O) groups excluding carboxylic acids is 1. The van der Waals surface area contributed by atoms with Crippen molar-refractivity contribution >= 4 is 5.91 Å². The molecule has 0 spiro atoms. The van der Waals surface area contributed by atoms with Crippen LogP contribution in [0.15, 0.2) is 12.3 Å². The number of aliphatic hydroxyl groups excluding tert-OH is 1. The van der Waals surface area contributed by atoms with E-state index in [0.717, 1.165) is 4.68 Å². The zero-order valence-electron chi connectivity index (χ0n) is 6.06. The molecule has 1 atom stereocenters. The van der Waals surface area contributed by atoms with E-state index in [2.05, 4.69) is 5.10 Å². The minimum Gasteiger partial charge on any atom is -0.372 e. The van der Waals surface area contributed by atoms with Crippen molar-refractivity contribution in [3.63, 3.8) is 0 Å². The first kappa shape index (κ1) is 7.74. The Morgan fingerprint density at radius 1 is 1.91 bits per heavy atom. The number of hydrogen-bond donors (Lipinski definition) is 2. The van der Waals surface area contributed by atoms with Crippen LogP contribution in [0.2, 0.25) is 0 Å². The number of rotatable bonds is 2. The molecule has 0 aliphatic rings. The Morgan fingerprint density at radius 3 is 2.91 bits per heavy atom. The van der Waals surface area contributed by atoms with Crippen LogP contribution >= 0.6 is 0 Å². The molecule has 11 heavy (non-hydrogen) atoms. The molecule has 1 unspecified atom stereocenters. The molecular weight excluding hydrogens is 146 g/mol. The summed E-state index contributed by atoms with van der Waals surface area (Å²) in [7, 11) is 0. The van der Waals surface area contributed by atoms with E-state index in [9.17, 15) is 4.79 Å². The minimum absolute atomic E-state index is 0.208. The summed E-state index contributed by atoms with van der Waals surface area (Å²) in [6.45, 7) is 1.50. The number of hydrogen-bond acceptors (Lipinski definition) is 3. The Balaban J connectivity index is 3.06. The Labute approximate surface area is 63.4 Å². The quantitative estimate of drug-likeness (QED) is 0.603. The Bertz CT molecular complexity index is 267. The molecule has 0 aromatic carbocycles. The van der Waals surface area contributed by atoms with Crippen LogP contribution < -0.4 is 5.73 Å². The zero-order chi connectivity index (χ0) is 8.43. The van der Waals surface area contributed by atoms with Crippen molar-refractivity contribution in [2.45, 2.75) is 13.2 Å². The first-order valence-electron chi connectivity index (χ1n) is 3.14. The molecule has 5 nitrogen and oxygen atoms in total. The molecule has 1 aromatic rings. The Hall–Kier alpha value is -1.36. The molecule has 5 heteroatoms. The molecule has 0 radical (unpaired) electrons. The smallest absolute Gasteiger partial charge is 0.267 e. The maximum atomic E-state index is 10.6. The summed E-state index contributed by atoms with van der Waals surface area (Å²) in [5.74, 6) is -0.594. The number of primary amides is 1. The van der Waals surface area contributed by atoms with Gasteiger partial charge in [0.2, 0.25) is 0 Å². The molecule has 3 N–H and O–H groups in total. The average Bonchev–Trinajstić information content (AvgIpc) is 2.32. The highest BCUT2D eigenvalue weighted by molar-refractivity contribution is 5.90. The van der Waals surface area contributed by atoms with Crippen LogP contribution in [-0.2, 0) is 0 Å². The third-order valence-corrected chi connectivity index (χ3v) is 1.28. The van der Waals surface area contributed by atoms with Crippen LogP contribution in [0.4, 0.5) is 0 Å². The highest BCUT2D eigenvalue weighted by Crippen LogP contribution is 2.03. The number of carbonyl (C=O) groups is 1. The van der Waals surface area contributed by atoms with Crippen LogP contribution in [-0.4, -0.2) is 20.8 Å². The van der Waals surface area contributed by atoms with E-state index in [0.29, 0.717) is 0 Å². The van der Waals surface area contributed by atoms with Gasteiger partial charge in [-0.2, -0.15) is 5.10 Å².